The maximum atomic E-state index is 12.7. The predicted octanol–water partition coefficient (Wildman–Crippen LogP) is 2.18. The van der Waals surface area contributed by atoms with Crippen LogP contribution in [0.4, 0.5) is 4.79 Å². The number of benzene rings is 1. The van der Waals surface area contributed by atoms with E-state index in [2.05, 4.69) is 5.32 Å². The summed E-state index contributed by atoms with van der Waals surface area (Å²) in [5, 5.41) is 2.81. The van der Waals surface area contributed by atoms with Crippen molar-refractivity contribution in [3.63, 3.8) is 0 Å². The Labute approximate surface area is 136 Å². The first-order valence-corrected chi connectivity index (χ1v) is 7.94. The second-order valence-corrected chi connectivity index (χ2v) is 5.59. The Morgan fingerprint density at radius 3 is 2.96 bits per heavy atom. The molecule has 126 valence electrons. The maximum Gasteiger partial charge on any atom is 0.407 e. The molecule has 1 saturated heterocycles. The van der Waals surface area contributed by atoms with Crippen LogP contribution in [0.2, 0.25) is 0 Å². The van der Waals surface area contributed by atoms with E-state index < -0.39 is 6.09 Å². The molecule has 2 rings (SSSR count). The van der Waals surface area contributed by atoms with Gasteiger partial charge >= 0.3 is 6.09 Å². The lowest BCUT2D eigenvalue weighted by molar-refractivity contribution is 0.0686. The summed E-state index contributed by atoms with van der Waals surface area (Å²) in [5.41, 5.74) is 1.62. The highest BCUT2D eigenvalue weighted by atomic mass is 16.5. The molecule has 0 spiro atoms. The van der Waals surface area contributed by atoms with Gasteiger partial charge in [0.25, 0.3) is 5.91 Å². The third-order valence-electron chi connectivity index (χ3n) is 3.79. The van der Waals surface area contributed by atoms with Crippen molar-refractivity contribution in [3.8, 4) is 0 Å². The molecule has 0 aromatic heterocycles. The molecule has 6 nitrogen and oxygen atoms in total. The Hall–Kier alpha value is -2.08. The summed E-state index contributed by atoms with van der Waals surface area (Å²) < 4.78 is 10.0. The summed E-state index contributed by atoms with van der Waals surface area (Å²) in [6.07, 6.45) is 1.29. The highest BCUT2D eigenvalue weighted by Gasteiger charge is 2.25. The van der Waals surface area contributed by atoms with Crippen LogP contribution >= 0.6 is 0 Å². The Balaban J connectivity index is 1.98. The van der Waals surface area contributed by atoms with Crippen LogP contribution in [0.15, 0.2) is 24.3 Å². The standard InChI is InChI=1S/C17H24N2O4/c1-3-23-17(21)18-15-8-5-9-19(11-15)16(20)14-7-4-6-13(10-14)12-22-2/h4,6-7,10,15H,3,5,8-9,11-12H2,1-2H3,(H,18,21)/t15-/m1/s1. The molecule has 0 bridgehead atoms. The summed E-state index contributed by atoms with van der Waals surface area (Å²) >= 11 is 0. The number of hydrogen-bond donors (Lipinski definition) is 1. The monoisotopic (exact) mass is 320 g/mol. The topological polar surface area (TPSA) is 67.9 Å². The predicted molar refractivity (Wildman–Crippen MR) is 86.2 cm³/mol. The number of nitrogens with one attached hydrogen (secondary N) is 1. The Morgan fingerprint density at radius 2 is 2.22 bits per heavy atom. The number of nitrogens with zero attached hydrogens (tertiary/aromatic N) is 1. The summed E-state index contributed by atoms with van der Waals surface area (Å²) in [7, 11) is 1.63. The molecule has 1 aliphatic rings. The minimum absolute atomic E-state index is 0.0155. The summed E-state index contributed by atoms with van der Waals surface area (Å²) in [6.45, 7) is 3.80. The maximum absolute atomic E-state index is 12.7. The van der Waals surface area contributed by atoms with Crippen LogP contribution in [-0.2, 0) is 16.1 Å². The van der Waals surface area contributed by atoms with Crippen LogP contribution < -0.4 is 5.32 Å². The number of alkyl carbamates (subject to hydrolysis) is 1. The molecule has 1 heterocycles. The number of carbonyl (C=O) groups excluding carboxylic acids is 2. The van der Waals surface area contributed by atoms with Gasteiger partial charge in [-0.1, -0.05) is 12.1 Å². The first-order valence-electron chi connectivity index (χ1n) is 7.94. The van der Waals surface area contributed by atoms with E-state index in [0.29, 0.717) is 31.9 Å². The van der Waals surface area contributed by atoms with Crippen LogP contribution in [0.3, 0.4) is 0 Å². The first kappa shape index (κ1) is 17.3. The van der Waals surface area contributed by atoms with Crippen molar-refractivity contribution >= 4 is 12.0 Å². The molecule has 0 unspecified atom stereocenters. The molecule has 1 fully saturated rings. The van der Waals surface area contributed by atoms with E-state index >= 15 is 0 Å². The fraction of sp³-hybridized carbons (Fsp3) is 0.529. The van der Waals surface area contributed by atoms with Crippen molar-refractivity contribution in [2.75, 3.05) is 26.8 Å². The van der Waals surface area contributed by atoms with E-state index in [4.69, 9.17) is 9.47 Å². The molecule has 1 aromatic rings. The number of methoxy groups -OCH3 is 1. The average molecular weight is 320 g/mol. The van der Waals surface area contributed by atoms with E-state index in [-0.39, 0.29) is 11.9 Å². The van der Waals surface area contributed by atoms with Crippen LogP contribution in [0, 0.1) is 0 Å². The lowest BCUT2D eigenvalue weighted by atomic mass is 10.0. The van der Waals surface area contributed by atoms with E-state index in [1.807, 2.05) is 24.3 Å². The molecule has 1 aromatic carbocycles. The fourth-order valence-electron chi connectivity index (χ4n) is 2.76. The summed E-state index contributed by atoms with van der Waals surface area (Å²) in [6, 6.07) is 7.40. The molecule has 1 N–H and O–H groups in total. The van der Waals surface area contributed by atoms with Gasteiger partial charge in [-0.3, -0.25) is 4.79 Å². The van der Waals surface area contributed by atoms with Gasteiger partial charge in [0.15, 0.2) is 0 Å². The van der Waals surface area contributed by atoms with Crippen LogP contribution in [-0.4, -0.2) is 49.7 Å². The molecule has 6 heteroatoms. The van der Waals surface area contributed by atoms with Crippen LogP contribution in [0.25, 0.3) is 0 Å². The molecule has 0 radical (unpaired) electrons. The Kier molecular flexibility index (Phi) is 6.40. The fourth-order valence-corrected chi connectivity index (χ4v) is 2.76. The second-order valence-electron chi connectivity index (χ2n) is 5.59. The number of ether oxygens (including phenoxy) is 2. The van der Waals surface area contributed by atoms with Gasteiger partial charge in [-0.25, -0.2) is 4.79 Å². The zero-order valence-electron chi connectivity index (χ0n) is 13.7. The molecule has 1 atom stereocenters. The number of amides is 2. The molecule has 0 saturated carbocycles. The minimum Gasteiger partial charge on any atom is -0.450 e. The molecule has 23 heavy (non-hydrogen) atoms. The van der Waals surface area contributed by atoms with Gasteiger partial charge in [-0.2, -0.15) is 0 Å². The number of hydrogen-bond acceptors (Lipinski definition) is 4. The van der Waals surface area contributed by atoms with Gasteiger partial charge in [0, 0.05) is 31.8 Å². The number of likely N-dealkylation sites (tertiary alicyclic amines) is 1. The van der Waals surface area contributed by atoms with Crippen LogP contribution in [0.5, 0.6) is 0 Å². The summed E-state index contributed by atoms with van der Waals surface area (Å²) in [4.78, 5) is 26.0. The lowest BCUT2D eigenvalue weighted by Gasteiger charge is -2.33. The molecule has 2 amide bonds. The molecular formula is C17H24N2O4. The van der Waals surface area contributed by atoms with Gasteiger partial charge in [-0.05, 0) is 37.5 Å². The lowest BCUT2D eigenvalue weighted by Crippen LogP contribution is -2.49. The van der Waals surface area contributed by atoms with Gasteiger partial charge < -0.3 is 19.7 Å². The number of carbonyl (C=O) groups is 2. The van der Waals surface area contributed by atoms with Crippen LogP contribution in [0.1, 0.15) is 35.7 Å². The average Bonchev–Trinajstić information content (AvgIpc) is 2.55. The van der Waals surface area contributed by atoms with Crippen molar-refractivity contribution < 1.29 is 19.1 Å². The second kappa shape index (κ2) is 8.53. The number of piperidine rings is 1. The third kappa shape index (κ3) is 4.96. The van der Waals surface area contributed by atoms with E-state index in [0.717, 1.165) is 18.4 Å². The normalized spacial score (nSPS) is 17.7. The highest BCUT2D eigenvalue weighted by Crippen LogP contribution is 2.15. The molecule has 1 aliphatic heterocycles. The van der Waals surface area contributed by atoms with E-state index in [1.54, 1.807) is 18.9 Å². The van der Waals surface area contributed by atoms with Crippen molar-refractivity contribution in [1.29, 1.82) is 0 Å². The smallest absolute Gasteiger partial charge is 0.407 e. The SMILES string of the molecule is CCOC(=O)N[C@@H]1CCCN(C(=O)c2cccc(COC)c2)C1. The van der Waals surface area contributed by atoms with Crippen molar-refractivity contribution in [1.82, 2.24) is 10.2 Å². The van der Waals surface area contributed by atoms with Gasteiger partial charge in [0.2, 0.25) is 0 Å². The van der Waals surface area contributed by atoms with E-state index in [9.17, 15) is 9.59 Å². The van der Waals surface area contributed by atoms with Crippen molar-refractivity contribution in [2.24, 2.45) is 0 Å². The molecule has 0 aliphatic carbocycles. The van der Waals surface area contributed by atoms with Gasteiger partial charge in [0.05, 0.1) is 13.2 Å². The van der Waals surface area contributed by atoms with E-state index in [1.165, 1.54) is 0 Å². The van der Waals surface area contributed by atoms with Gasteiger partial charge in [0.1, 0.15) is 0 Å². The largest absolute Gasteiger partial charge is 0.450 e. The number of rotatable bonds is 5. The van der Waals surface area contributed by atoms with Crippen molar-refractivity contribution in [2.45, 2.75) is 32.4 Å². The first-order chi connectivity index (χ1) is 11.1. The third-order valence-corrected chi connectivity index (χ3v) is 3.79. The highest BCUT2D eigenvalue weighted by molar-refractivity contribution is 5.94. The summed E-state index contributed by atoms with van der Waals surface area (Å²) in [5.74, 6) is -0.0155. The van der Waals surface area contributed by atoms with Gasteiger partial charge in [-0.15, -0.1) is 0 Å². The quantitative estimate of drug-likeness (QED) is 0.903. The zero-order valence-corrected chi connectivity index (χ0v) is 13.7. The zero-order chi connectivity index (χ0) is 16.7. The molecular weight excluding hydrogens is 296 g/mol. The Morgan fingerprint density at radius 1 is 1.39 bits per heavy atom. The minimum atomic E-state index is -0.422. The van der Waals surface area contributed by atoms with Crippen molar-refractivity contribution in [3.05, 3.63) is 35.4 Å². The Bertz CT molecular complexity index is 547.